The SMILES string of the molecule is COCC(C(=O)N1CCN(c2cccc(Cl)c2)CC1)N1C(=O)CCC1=O. The fourth-order valence-electron chi connectivity index (χ4n) is 3.42. The monoisotopic (exact) mass is 379 g/mol. The summed E-state index contributed by atoms with van der Waals surface area (Å²) in [7, 11) is 1.46. The van der Waals surface area contributed by atoms with Crippen LogP contribution in [0.1, 0.15) is 12.8 Å². The van der Waals surface area contributed by atoms with Gasteiger partial charge >= 0.3 is 0 Å². The molecule has 0 aromatic heterocycles. The molecule has 140 valence electrons. The van der Waals surface area contributed by atoms with Gasteiger partial charge in [0.1, 0.15) is 6.04 Å². The van der Waals surface area contributed by atoms with E-state index >= 15 is 0 Å². The summed E-state index contributed by atoms with van der Waals surface area (Å²) in [5.74, 6) is -0.841. The van der Waals surface area contributed by atoms with Crippen molar-refractivity contribution < 1.29 is 19.1 Å². The van der Waals surface area contributed by atoms with Crippen LogP contribution < -0.4 is 4.90 Å². The normalized spacial score (nSPS) is 19.2. The molecule has 3 rings (SSSR count). The molecule has 3 amide bonds. The summed E-state index contributed by atoms with van der Waals surface area (Å²) in [6.07, 6.45) is 0.323. The van der Waals surface area contributed by atoms with E-state index < -0.39 is 6.04 Å². The van der Waals surface area contributed by atoms with Crippen LogP contribution in [0.2, 0.25) is 5.02 Å². The van der Waals surface area contributed by atoms with Crippen molar-refractivity contribution in [1.82, 2.24) is 9.80 Å². The van der Waals surface area contributed by atoms with Gasteiger partial charge in [-0.25, -0.2) is 0 Å². The van der Waals surface area contributed by atoms with Gasteiger partial charge < -0.3 is 14.5 Å². The van der Waals surface area contributed by atoms with Crippen LogP contribution in [-0.2, 0) is 19.1 Å². The van der Waals surface area contributed by atoms with Gasteiger partial charge in [0.25, 0.3) is 0 Å². The number of amides is 3. The van der Waals surface area contributed by atoms with Crippen molar-refractivity contribution in [2.75, 3.05) is 44.8 Å². The first-order chi connectivity index (χ1) is 12.5. The molecule has 0 radical (unpaired) electrons. The highest BCUT2D eigenvalue weighted by atomic mass is 35.5. The van der Waals surface area contributed by atoms with Gasteiger partial charge in [-0.05, 0) is 18.2 Å². The zero-order chi connectivity index (χ0) is 18.7. The van der Waals surface area contributed by atoms with Crippen LogP contribution in [0.4, 0.5) is 5.69 Å². The molecule has 0 bridgehead atoms. The summed E-state index contributed by atoms with van der Waals surface area (Å²) < 4.78 is 5.11. The molecule has 2 saturated heterocycles. The summed E-state index contributed by atoms with van der Waals surface area (Å²) in [6.45, 7) is 2.37. The van der Waals surface area contributed by atoms with E-state index in [0.29, 0.717) is 31.2 Å². The van der Waals surface area contributed by atoms with Crippen molar-refractivity contribution in [3.63, 3.8) is 0 Å². The van der Waals surface area contributed by atoms with Crippen LogP contribution in [0.5, 0.6) is 0 Å². The van der Waals surface area contributed by atoms with Gasteiger partial charge in [-0.15, -0.1) is 0 Å². The first-order valence-electron chi connectivity index (χ1n) is 8.64. The minimum Gasteiger partial charge on any atom is -0.382 e. The predicted octanol–water partition coefficient (Wildman–Crippen LogP) is 1.15. The summed E-state index contributed by atoms with van der Waals surface area (Å²) in [5, 5.41) is 0.673. The van der Waals surface area contributed by atoms with Crippen molar-refractivity contribution in [2.45, 2.75) is 18.9 Å². The molecule has 1 atom stereocenters. The fraction of sp³-hybridized carbons (Fsp3) is 0.500. The van der Waals surface area contributed by atoms with Gasteiger partial charge in [0.05, 0.1) is 6.61 Å². The minimum absolute atomic E-state index is 0.0187. The molecular weight excluding hydrogens is 358 g/mol. The van der Waals surface area contributed by atoms with Crippen molar-refractivity contribution in [3.8, 4) is 0 Å². The lowest BCUT2D eigenvalue weighted by molar-refractivity contribution is -0.152. The molecule has 2 fully saturated rings. The highest BCUT2D eigenvalue weighted by Crippen LogP contribution is 2.22. The molecule has 0 spiro atoms. The number of ether oxygens (including phenoxy) is 1. The molecule has 2 heterocycles. The molecule has 2 aliphatic rings. The zero-order valence-electron chi connectivity index (χ0n) is 14.7. The number of imide groups is 1. The van der Waals surface area contributed by atoms with E-state index in [1.165, 1.54) is 7.11 Å². The number of piperazine rings is 1. The Labute approximate surface area is 157 Å². The van der Waals surface area contributed by atoms with Crippen molar-refractivity contribution >= 4 is 35.0 Å². The van der Waals surface area contributed by atoms with Gasteiger partial charge in [-0.1, -0.05) is 17.7 Å². The second-order valence-corrected chi connectivity index (χ2v) is 6.86. The molecule has 26 heavy (non-hydrogen) atoms. The smallest absolute Gasteiger partial charge is 0.248 e. The second-order valence-electron chi connectivity index (χ2n) is 6.42. The van der Waals surface area contributed by atoms with E-state index in [0.717, 1.165) is 10.6 Å². The maximum Gasteiger partial charge on any atom is 0.248 e. The van der Waals surface area contributed by atoms with Gasteiger partial charge in [-0.3, -0.25) is 19.3 Å². The lowest BCUT2D eigenvalue weighted by Gasteiger charge is -2.38. The Balaban J connectivity index is 1.66. The van der Waals surface area contributed by atoms with Crippen LogP contribution in [0.15, 0.2) is 24.3 Å². The molecule has 8 heteroatoms. The number of methoxy groups -OCH3 is 1. The maximum atomic E-state index is 12.9. The van der Waals surface area contributed by atoms with Crippen molar-refractivity contribution in [3.05, 3.63) is 29.3 Å². The minimum atomic E-state index is -0.875. The Morgan fingerprint density at radius 1 is 1.15 bits per heavy atom. The van der Waals surface area contributed by atoms with E-state index in [1.54, 1.807) is 4.90 Å². The highest BCUT2D eigenvalue weighted by molar-refractivity contribution is 6.30. The quantitative estimate of drug-likeness (QED) is 0.718. The highest BCUT2D eigenvalue weighted by Gasteiger charge is 2.40. The number of hydrogen-bond donors (Lipinski definition) is 0. The van der Waals surface area contributed by atoms with Crippen LogP contribution in [0, 0.1) is 0 Å². The zero-order valence-corrected chi connectivity index (χ0v) is 15.4. The number of anilines is 1. The lowest BCUT2D eigenvalue weighted by Crippen LogP contribution is -2.57. The predicted molar refractivity (Wildman–Crippen MR) is 97.0 cm³/mol. The molecule has 0 saturated carbocycles. The number of nitrogens with zero attached hydrogens (tertiary/aromatic N) is 3. The van der Waals surface area contributed by atoms with E-state index in [9.17, 15) is 14.4 Å². The molecular formula is C18H22ClN3O4. The average molecular weight is 380 g/mol. The van der Waals surface area contributed by atoms with Gasteiger partial charge in [0.15, 0.2) is 0 Å². The lowest BCUT2D eigenvalue weighted by atomic mass is 10.2. The number of halogens is 1. The van der Waals surface area contributed by atoms with E-state index in [2.05, 4.69) is 4.90 Å². The molecule has 1 aromatic carbocycles. The van der Waals surface area contributed by atoms with Gasteiger partial charge in [0, 0.05) is 56.8 Å². The summed E-state index contributed by atoms with van der Waals surface area (Å²) in [4.78, 5) is 41.9. The third kappa shape index (κ3) is 3.83. The third-order valence-electron chi connectivity index (χ3n) is 4.78. The molecule has 0 N–H and O–H groups in total. The average Bonchev–Trinajstić information content (AvgIpc) is 2.98. The Morgan fingerprint density at radius 3 is 2.38 bits per heavy atom. The molecule has 2 aliphatic heterocycles. The van der Waals surface area contributed by atoms with Crippen molar-refractivity contribution in [2.24, 2.45) is 0 Å². The number of carbonyl (C=O) groups is 3. The Morgan fingerprint density at radius 2 is 1.81 bits per heavy atom. The Kier molecular flexibility index (Phi) is 5.78. The van der Waals surface area contributed by atoms with E-state index in [1.807, 2.05) is 24.3 Å². The molecule has 1 aromatic rings. The van der Waals surface area contributed by atoms with Crippen LogP contribution in [0.3, 0.4) is 0 Å². The maximum absolute atomic E-state index is 12.9. The largest absolute Gasteiger partial charge is 0.382 e. The molecule has 0 aliphatic carbocycles. The summed E-state index contributed by atoms with van der Waals surface area (Å²) in [5.41, 5.74) is 1.02. The van der Waals surface area contributed by atoms with Crippen LogP contribution in [-0.4, -0.2) is 73.5 Å². The third-order valence-corrected chi connectivity index (χ3v) is 5.01. The Bertz CT molecular complexity index is 687. The second kappa shape index (κ2) is 8.05. The van der Waals surface area contributed by atoms with Gasteiger partial charge in [0.2, 0.25) is 17.7 Å². The van der Waals surface area contributed by atoms with E-state index in [-0.39, 0.29) is 37.2 Å². The molecule has 7 nitrogen and oxygen atoms in total. The number of likely N-dealkylation sites (tertiary alicyclic amines) is 1. The molecule has 1 unspecified atom stereocenters. The first kappa shape index (κ1) is 18.7. The number of hydrogen-bond acceptors (Lipinski definition) is 5. The Hall–Kier alpha value is -2.12. The number of carbonyl (C=O) groups excluding carboxylic acids is 3. The van der Waals surface area contributed by atoms with Crippen molar-refractivity contribution in [1.29, 1.82) is 0 Å². The topological polar surface area (TPSA) is 70.2 Å². The fourth-order valence-corrected chi connectivity index (χ4v) is 3.61. The van der Waals surface area contributed by atoms with Gasteiger partial charge in [-0.2, -0.15) is 0 Å². The number of benzene rings is 1. The van der Waals surface area contributed by atoms with Crippen LogP contribution in [0.25, 0.3) is 0 Å². The summed E-state index contributed by atoms with van der Waals surface area (Å²) in [6, 6.07) is 6.73. The summed E-state index contributed by atoms with van der Waals surface area (Å²) >= 11 is 6.05. The van der Waals surface area contributed by atoms with E-state index in [4.69, 9.17) is 16.3 Å². The first-order valence-corrected chi connectivity index (χ1v) is 9.02. The standard InChI is InChI=1S/C18H22ClN3O4/c1-26-12-15(22-16(23)5-6-17(22)24)18(25)21-9-7-20(8-10-21)14-4-2-3-13(19)11-14/h2-4,11,15H,5-10,12H2,1H3. The van der Waals surface area contributed by atoms with Crippen LogP contribution >= 0.6 is 11.6 Å². The number of rotatable bonds is 5.